The van der Waals surface area contributed by atoms with Gasteiger partial charge in [-0.3, -0.25) is 14.5 Å². The summed E-state index contributed by atoms with van der Waals surface area (Å²) in [6.45, 7) is 2.40. The van der Waals surface area contributed by atoms with Gasteiger partial charge in [-0.05, 0) is 61.4 Å². The van der Waals surface area contributed by atoms with Gasteiger partial charge in [0.1, 0.15) is 10.1 Å². The molecule has 0 saturated carbocycles. The van der Waals surface area contributed by atoms with Gasteiger partial charge in [0, 0.05) is 18.7 Å². The monoisotopic (exact) mass is 484 g/mol. The Balaban J connectivity index is 1.50. The number of nitrogens with zero attached hydrogens (tertiary/aromatic N) is 1. The number of nitrogens with one attached hydrogen (secondary N) is 1. The number of amides is 2. The first-order chi connectivity index (χ1) is 15.9. The van der Waals surface area contributed by atoms with Crippen LogP contribution in [0.2, 0.25) is 0 Å². The Hall–Kier alpha value is -3.17. The van der Waals surface area contributed by atoms with Gasteiger partial charge < -0.3 is 14.8 Å². The summed E-state index contributed by atoms with van der Waals surface area (Å²) >= 11 is 6.61. The van der Waals surface area contributed by atoms with E-state index in [0.717, 1.165) is 5.56 Å². The van der Waals surface area contributed by atoms with Crippen molar-refractivity contribution in [2.75, 3.05) is 25.6 Å². The second kappa shape index (κ2) is 11.6. The average molecular weight is 485 g/mol. The van der Waals surface area contributed by atoms with Crippen LogP contribution in [-0.2, 0) is 14.3 Å². The van der Waals surface area contributed by atoms with Gasteiger partial charge in [0.15, 0.2) is 0 Å². The molecule has 1 heterocycles. The summed E-state index contributed by atoms with van der Waals surface area (Å²) in [6.07, 6.45) is 2.48. The van der Waals surface area contributed by atoms with Crippen molar-refractivity contribution in [3.8, 4) is 5.75 Å². The molecule has 0 radical (unpaired) electrons. The number of anilines is 1. The topological polar surface area (TPSA) is 84.9 Å². The average Bonchev–Trinajstić information content (AvgIpc) is 3.07. The van der Waals surface area contributed by atoms with Crippen molar-refractivity contribution in [1.29, 1.82) is 0 Å². The third-order valence-corrected chi connectivity index (χ3v) is 6.11. The molecule has 0 bridgehead atoms. The van der Waals surface area contributed by atoms with Crippen molar-refractivity contribution in [2.45, 2.75) is 19.8 Å². The zero-order chi connectivity index (χ0) is 23.8. The predicted octanol–water partition coefficient (Wildman–Crippen LogP) is 4.49. The zero-order valence-electron chi connectivity index (χ0n) is 18.3. The van der Waals surface area contributed by atoms with Crippen molar-refractivity contribution in [3.05, 3.63) is 64.6 Å². The Bertz CT molecular complexity index is 1080. The van der Waals surface area contributed by atoms with E-state index in [1.165, 1.54) is 16.7 Å². The van der Waals surface area contributed by atoms with E-state index in [1.54, 1.807) is 44.4 Å². The van der Waals surface area contributed by atoms with Gasteiger partial charge in [-0.25, -0.2) is 4.79 Å². The highest BCUT2D eigenvalue weighted by Gasteiger charge is 2.31. The number of hydrogen-bond donors (Lipinski definition) is 1. The molecule has 2 aromatic carbocycles. The molecule has 1 saturated heterocycles. The fourth-order valence-corrected chi connectivity index (χ4v) is 4.41. The number of carbonyl (C=O) groups excluding carboxylic acids is 3. The summed E-state index contributed by atoms with van der Waals surface area (Å²) in [5.74, 6) is -0.0425. The van der Waals surface area contributed by atoms with E-state index in [1.807, 2.05) is 24.3 Å². The Kier molecular flexibility index (Phi) is 8.62. The summed E-state index contributed by atoms with van der Waals surface area (Å²) in [5.41, 5.74) is 1.86. The summed E-state index contributed by atoms with van der Waals surface area (Å²) in [6, 6.07) is 13.9. The SMILES string of the molecule is CCOC(=O)c1ccc(NC(=O)CCCN2C(=O)/C(=C/c3cccc(OC)c3)SC2=S)cc1. The van der Waals surface area contributed by atoms with Crippen LogP contribution in [0.15, 0.2) is 53.4 Å². The normalized spacial score (nSPS) is 14.5. The molecule has 172 valence electrons. The van der Waals surface area contributed by atoms with Gasteiger partial charge in [-0.1, -0.05) is 36.1 Å². The molecule has 33 heavy (non-hydrogen) atoms. The Morgan fingerprint density at radius 2 is 1.94 bits per heavy atom. The summed E-state index contributed by atoms with van der Waals surface area (Å²) in [5, 5.41) is 2.78. The number of methoxy groups -OCH3 is 1. The molecule has 0 spiro atoms. The van der Waals surface area contributed by atoms with Crippen LogP contribution >= 0.6 is 24.0 Å². The van der Waals surface area contributed by atoms with Crippen LogP contribution in [0.5, 0.6) is 5.75 Å². The fraction of sp³-hybridized carbons (Fsp3) is 0.250. The maximum absolute atomic E-state index is 12.8. The molecular formula is C24H24N2O5S2. The maximum atomic E-state index is 12.8. The molecule has 0 atom stereocenters. The van der Waals surface area contributed by atoms with E-state index in [9.17, 15) is 14.4 Å². The van der Waals surface area contributed by atoms with Crippen molar-refractivity contribution in [2.24, 2.45) is 0 Å². The van der Waals surface area contributed by atoms with Crippen LogP contribution in [-0.4, -0.2) is 47.3 Å². The van der Waals surface area contributed by atoms with Crippen LogP contribution < -0.4 is 10.1 Å². The van der Waals surface area contributed by atoms with E-state index in [2.05, 4.69) is 5.32 Å². The summed E-state index contributed by atoms with van der Waals surface area (Å²) in [4.78, 5) is 38.8. The highest BCUT2D eigenvalue weighted by atomic mass is 32.2. The molecule has 1 N–H and O–H groups in total. The van der Waals surface area contributed by atoms with E-state index in [0.29, 0.717) is 45.8 Å². The van der Waals surface area contributed by atoms with Crippen LogP contribution in [0.4, 0.5) is 5.69 Å². The van der Waals surface area contributed by atoms with Gasteiger partial charge in [0.25, 0.3) is 5.91 Å². The molecule has 0 unspecified atom stereocenters. The number of thiocarbonyl (C=S) groups is 1. The van der Waals surface area contributed by atoms with Gasteiger partial charge >= 0.3 is 5.97 Å². The number of ether oxygens (including phenoxy) is 2. The van der Waals surface area contributed by atoms with E-state index >= 15 is 0 Å². The number of thioether (sulfide) groups is 1. The van der Waals surface area contributed by atoms with Gasteiger partial charge in [0.2, 0.25) is 5.91 Å². The molecule has 0 aromatic heterocycles. The molecule has 0 aliphatic carbocycles. The van der Waals surface area contributed by atoms with Crippen molar-refractivity contribution < 1.29 is 23.9 Å². The minimum atomic E-state index is -0.403. The van der Waals surface area contributed by atoms with Gasteiger partial charge in [0.05, 0.1) is 24.2 Å². The lowest BCUT2D eigenvalue weighted by Gasteiger charge is -2.14. The molecule has 1 aliphatic heterocycles. The van der Waals surface area contributed by atoms with E-state index in [4.69, 9.17) is 21.7 Å². The standard InChI is InChI=1S/C24H24N2O5S2/c1-3-31-23(29)17-9-11-18(12-10-17)25-21(27)8-5-13-26-22(28)20(33-24(26)32)15-16-6-4-7-19(14-16)30-2/h4,6-7,9-12,14-15H,3,5,8,13H2,1-2H3,(H,25,27)/b20-15-. The van der Waals surface area contributed by atoms with Crippen LogP contribution in [0.3, 0.4) is 0 Å². The number of rotatable bonds is 9. The largest absolute Gasteiger partial charge is 0.497 e. The highest BCUT2D eigenvalue weighted by Crippen LogP contribution is 2.33. The molecule has 2 aromatic rings. The molecular weight excluding hydrogens is 460 g/mol. The number of esters is 1. The van der Waals surface area contributed by atoms with Crippen LogP contribution in [0.1, 0.15) is 35.7 Å². The summed E-state index contributed by atoms with van der Waals surface area (Å²) in [7, 11) is 1.59. The zero-order valence-corrected chi connectivity index (χ0v) is 20.0. The van der Waals surface area contributed by atoms with Crippen LogP contribution in [0.25, 0.3) is 6.08 Å². The Morgan fingerprint density at radius 1 is 1.18 bits per heavy atom. The summed E-state index contributed by atoms with van der Waals surface area (Å²) < 4.78 is 10.6. The minimum Gasteiger partial charge on any atom is -0.497 e. The minimum absolute atomic E-state index is 0.164. The third kappa shape index (κ3) is 6.66. The Morgan fingerprint density at radius 3 is 2.64 bits per heavy atom. The van der Waals surface area contributed by atoms with Gasteiger partial charge in [-0.2, -0.15) is 0 Å². The molecule has 1 aliphatic rings. The molecule has 1 fully saturated rings. The van der Waals surface area contributed by atoms with Crippen LogP contribution in [0, 0.1) is 0 Å². The first-order valence-electron chi connectivity index (χ1n) is 10.4. The van der Waals surface area contributed by atoms with Crippen molar-refractivity contribution in [1.82, 2.24) is 4.90 Å². The third-order valence-electron chi connectivity index (χ3n) is 4.73. The number of hydrogen-bond acceptors (Lipinski definition) is 7. The lowest BCUT2D eigenvalue weighted by Crippen LogP contribution is -2.29. The predicted molar refractivity (Wildman–Crippen MR) is 133 cm³/mol. The second-order valence-corrected chi connectivity index (χ2v) is 8.74. The number of carbonyl (C=O) groups is 3. The molecule has 9 heteroatoms. The number of benzene rings is 2. The van der Waals surface area contributed by atoms with Gasteiger partial charge in [-0.15, -0.1) is 0 Å². The van der Waals surface area contributed by atoms with Crippen molar-refractivity contribution in [3.63, 3.8) is 0 Å². The lowest BCUT2D eigenvalue weighted by molar-refractivity contribution is -0.122. The first kappa shape index (κ1) is 24.5. The smallest absolute Gasteiger partial charge is 0.338 e. The highest BCUT2D eigenvalue weighted by molar-refractivity contribution is 8.26. The maximum Gasteiger partial charge on any atom is 0.338 e. The van der Waals surface area contributed by atoms with Crippen molar-refractivity contribution >= 4 is 57.8 Å². The lowest BCUT2D eigenvalue weighted by atomic mass is 10.2. The molecule has 2 amide bonds. The second-order valence-electron chi connectivity index (χ2n) is 7.06. The van der Waals surface area contributed by atoms with E-state index in [-0.39, 0.29) is 18.2 Å². The molecule has 3 rings (SSSR count). The Labute approximate surface area is 202 Å². The fourth-order valence-electron chi connectivity index (χ4n) is 3.10. The van der Waals surface area contributed by atoms with E-state index < -0.39 is 5.97 Å². The molecule has 7 nitrogen and oxygen atoms in total. The quantitative estimate of drug-likeness (QED) is 0.319. The first-order valence-corrected chi connectivity index (χ1v) is 11.6.